The van der Waals surface area contributed by atoms with Crippen LogP contribution >= 0.6 is 15.9 Å². The van der Waals surface area contributed by atoms with Crippen molar-refractivity contribution < 1.29 is 13.3 Å². The van der Waals surface area contributed by atoms with E-state index in [-0.39, 0.29) is 17.0 Å². The summed E-state index contributed by atoms with van der Waals surface area (Å²) in [7, 11) is 0. The van der Waals surface area contributed by atoms with E-state index in [2.05, 4.69) is 25.6 Å². The largest absolute Gasteiger partial charge is 0.367 e. The normalized spacial score (nSPS) is 10.6. The summed E-state index contributed by atoms with van der Waals surface area (Å²) in [5, 5.41) is 3.36. The van der Waals surface area contributed by atoms with Crippen molar-refractivity contribution >= 4 is 21.8 Å². The van der Waals surface area contributed by atoms with E-state index in [1.807, 2.05) is 0 Å². The lowest BCUT2D eigenvalue weighted by atomic mass is 10.1. The molecule has 0 saturated heterocycles. The Kier molecular flexibility index (Phi) is 2.44. The standard InChI is InChI=1S/C9H5BrF2N2O/c10-4-1-6(11)8(7(12)2-4)5-3-14-15-9(5)13/h1-3H,13H2. The third kappa shape index (κ3) is 1.72. The van der Waals surface area contributed by atoms with Gasteiger partial charge in [0.15, 0.2) is 0 Å². The molecule has 2 aromatic rings. The van der Waals surface area contributed by atoms with Crippen molar-refractivity contribution in [1.29, 1.82) is 0 Å². The molecule has 78 valence electrons. The molecular weight excluding hydrogens is 270 g/mol. The van der Waals surface area contributed by atoms with Crippen LogP contribution in [0.2, 0.25) is 0 Å². The zero-order valence-electron chi connectivity index (χ0n) is 7.30. The summed E-state index contributed by atoms with van der Waals surface area (Å²) >= 11 is 2.98. The number of aromatic nitrogens is 1. The minimum absolute atomic E-state index is 0.109. The quantitative estimate of drug-likeness (QED) is 0.870. The van der Waals surface area contributed by atoms with E-state index in [0.717, 1.165) is 12.1 Å². The van der Waals surface area contributed by atoms with Gasteiger partial charge < -0.3 is 10.3 Å². The molecule has 0 aliphatic carbocycles. The van der Waals surface area contributed by atoms with Crippen LogP contribution in [-0.4, -0.2) is 5.16 Å². The summed E-state index contributed by atoms with van der Waals surface area (Å²) in [5.41, 5.74) is 5.24. The number of hydrogen-bond acceptors (Lipinski definition) is 3. The molecule has 1 aromatic carbocycles. The number of rotatable bonds is 1. The van der Waals surface area contributed by atoms with Crippen molar-refractivity contribution in [1.82, 2.24) is 5.16 Å². The highest BCUT2D eigenvalue weighted by molar-refractivity contribution is 9.10. The van der Waals surface area contributed by atoms with E-state index in [1.165, 1.54) is 6.20 Å². The second kappa shape index (κ2) is 3.62. The third-order valence-corrected chi connectivity index (χ3v) is 2.33. The van der Waals surface area contributed by atoms with Crippen LogP contribution in [0.3, 0.4) is 0 Å². The lowest BCUT2D eigenvalue weighted by Gasteiger charge is -2.03. The number of nitrogen functional groups attached to an aromatic ring is 1. The van der Waals surface area contributed by atoms with E-state index in [0.29, 0.717) is 4.47 Å². The van der Waals surface area contributed by atoms with Gasteiger partial charge in [-0.25, -0.2) is 8.78 Å². The number of halogens is 3. The Hall–Kier alpha value is -1.43. The molecule has 0 radical (unpaired) electrons. The lowest BCUT2D eigenvalue weighted by molar-refractivity contribution is 0.436. The van der Waals surface area contributed by atoms with Gasteiger partial charge in [0.2, 0.25) is 5.88 Å². The fourth-order valence-corrected chi connectivity index (χ4v) is 1.64. The highest BCUT2D eigenvalue weighted by Gasteiger charge is 2.17. The first kappa shape index (κ1) is 10.1. The van der Waals surface area contributed by atoms with E-state index in [9.17, 15) is 8.78 Å². The van der Waals surface area contributed by atoms with Crippen molar-refractivity contribution in [3.8, 4) is 11.1 Å². The van der Waals surface area contributed by atoms with Gasteiger partial charge in [-0.15, -0.1) is 0 Å². The van der Waals surface area contributed by atoms with Crippen LogP contribution in [0.5, 0.6) is 0 Å². The number of hydrogen-bond donors (Lipinski definition) is 1. The molecule has 0 aliphatic heterocycles. The van der Waals surface area contributed by atoms with Crippen LogP contribution in [0.4, 0.5) is 14.7 Å². The van der Waals surface area contributed by atoms with E-state index in [4.69, 9.17) is 5.73 Å². The molecule has 0 spiro atoms. The Morgan fingerprint density at radius 3 is 2.33 bits per heavy atom. The van der Waals surface area contributed by atoms with Crippen molar-refractivity contribution in [3.05, 3.63) is 34.4 Å². The topological polar surface area (TPSA) is 52.0 Å². The van der Waals surface area contributed by atoms with E-state index in [1.54, 1.807) is 0 Å². The number of benzene rings is 1. The van der Waals surface area contributed by atoms with Crippen molar-refractivity contribution in [2.24, 2.45) is 0 Å². The van der Waals surface area contributed by atoms with Crippen molar-refractivity contribution in [3.63, 3.8) is 0 Å². The highest BCUT2D eigenvalue weighted by Crippen LogP contribution is 2.32. The summed E-state index contributed by atoms with van der Waals surface area (Å²) in [6, 6.07) is 2.29. The second-order valence-corrected chi connectivity index (χ2v) is 3.76. The molecule has 0 aliphatic rings. The molecule has 2 N–H and O–H groups in total. The molecule has 0 saturated carbocycles. The number of nitrogens with zero attached hydrogens (tertiary/aromatic N) is 1. The molecule has 0 amide bonds. The molecule has 15 heavy (non-hydrogen) atoms. The van der Waals surface area contributed by atoms with Crippen LogP contribution in [0, 0.1) is 11.6 Å². The van der Waals surface area contributed by atoms with Crippen LogP contribution in [0.25, 0.3) is 11.1 Å². The average molecular weight is 275 g/mol. The predicted octanol–water partition coefficient (Wildman–Crippen LogP) is 2.96. The molecule has 1 aromatic heterocycles. The van der Waals surface area contributed by atoms with Gasteiger partial charge in [-0.1, -0.05) is 21.1 Å². The fraction of sp³-hybridized carbons (Fsp3) is 0. The molecule has 0 fully saturated rings. The monoisotopic (exact) mass is 274 g/mol. The molecule has 6 heteroatoms. The van der Waals surface area contributed by atoms with Crippen LogP contribution in [0.15, 0.2) is 27.3 Å². The Labute approximate surface area is 92.0 Å². The SMILES string of the molecule is Nc1oncc1-c1c(F)cc(Br)cc1F. The van der Waals surface area contributed by atoms with Gasteiger partial charge in [0.1, 0.15) is 11.6 Å². The third-order valence-electron chi connectivity index (χ3n) is 1.87. The first-order valence-electron chi connectivity index (χ1n) is 3.94. The molecule has 0 atom stereocenters. The number of anilines is 1. The van der Waals surface area contributed by atoms with E-state index >= 15 is 0 Å². The minimum Gasteiger partial charge on any atom is -0.367 e. The first-order valence-corrected chi connectivity index (χ1v) is 4.74. The Morgan fingerprint density at radius 2 is 1.87 bits per heavy atom. The maximum atomic E-state index is 13.5. The highest BCUT2D eigenvalue weighted by atomic mass is 79.9. The second-order valence-electron chi connectivity index (χ2n) is 2.85. The zero-order valence-corrected chi connectivity index (χ0v) is 8.88. The molecule has 1 heterocycles. The van der Waals surface area contributed by atoms with Gasteiger partial charge in [0.25, 0.3) is 0 Å². The lowest BCUT2D eigenvalue weighted by Crippen LogP contribution is -1.92. The number of nitrogens with two attached hydrogens (primary N) is 1. The molecular formula is C9H5BrF2N2O. The molecule has 2 rings (SSSR count). The predicted molar refractivity (Wildman–Crippen MR) is 54.0 cm³/mol. The first-order chi connectivity index (χ1) is 7.09. The van der Waals surface area contributed by atoms with Gasteiger partial charge >= 0.3 is 0 Å². The van der Waals surface area contributed by atoms with Crippen molar-refractivity contribution in [2.45, 2.75) is 0 Å². The maximum absolute atomic E-state index is 13.5. The summed E-state index contributed by atoms with van der Waals surface area (Å²) in [6.07, 6.45) is 1.17. The van der Waals surface area contributed by atoms with Gasteiger partial charge in [0, 0.05) is 4.47 Å². The van der Waals surface area contributed by atoms with Gasteiger partial charge in [-0.05, 0) is 12.1 Å². The van der Waals surface area contributed by atoms with Crippen LogP contribution in [-0.2, 0) is 0 Å². The fourth-order valence-electron chi connectivity index (χ4n) is 1.24. The Bertz CT molecular complexity index is 490. The van der Waals surface area contributed by atoms with Gasteiger partial charge in [-0.3, -0.25) is 0 Å². The molecule has 0 unspecified atom stereocenters. The zero-order chi connectivity index (χ0) is 11.0. The van der Waals surface area contributed by atoms with E-state index < -0.39 is 11.6 Å². The van der Waals surface area contributed by atoms with Crippen LogP contribution in [0.1, 0.15) is 0 Å². The average Bonchev–Trinajstić information content (AvgIpc) is 2.50. The Morgan fingerprint density at radius 1 is 1.27 bits per heavy atom. The minimum atomic E-state index is -0.725. The van der Waals surface area contributed by atoms with Crippen LogP contribution < -0.4 is 5.73 Å². The summed E-state index contributed by atoms with van der Waals surface area (Å²) in [6.45, 7) is 0. The maximum Gasteiger partial charge on any atom is 0.230 e. The van der Waals surface area contributed by atoms with Crippen molar-refractivity contribution in [2.75, 3.05) is 5.73 Å². The Balaban J connectivity index is 2.68. The summed E-state index contributed by atoms with van der Waals surface area (Å²) in [5.74, 6) is -1.57. The van der Waals surface area contributed by atoms with Gasteiger partial charge in [-0.2, -0.15) is 0 Å². The van der Waals surface area contributed by atoms with Gasteiger partial charge in [0.05, 0.1) is 17.3 Å². The smallest absolute Gasteiger partial charge is 0.230 e. The molecule has 0 bridgehead atoms. The molecule has 3 nitrogen and oxygen atoms in total. The summed E-state index contributed by atoms with van der Waals surface area (Å²) in [4.78, 5) is 0. The summed E-state index contributed by atoms with van der Waals surface area (Å²) < 4.78 is 31.8.